The van der Waals surface area contributed by atoms with E-state index in [9.17, 15) is 9.90 Å². The Balaban J connectivity index is 1.54. The van der Waals surface area contributed by atoms with Gasteiger partial charge in [-0.3, -0.25) is 4.79 Å². The second-order valence-electron chi connectivity index (χ2n) is 6.37. The van der Waals surface area contributed by atoms with Crippen LogP contribution >= 0.6 is 0 Å². The molecule has 1 aliphatic rings. The van der Waals surface area contributed by atoms with Crippen molar-refractivity contribution in [3.05, 3.63) is 60.0 Å². The number of hydrogen-bond donors (Lipinski definition) is 3. The van der Waals surface area contributed by atoms with E-state index in [0.29, 0.717) is 30.8 Å². The molecular formula is C18H19N5O2. The molecule has 1 fully saturated rings. The summed E-state index contributed by atoms with van der Waals surface area (Å²) in [6.07, 6.45) is 2.78. The number of nitrogens with one attached hydrogen (secondary N) is 2. The van der Waals surface area contributed by atoms with E-state index in [1.165, 1.54) is 6.20 Å². The van der Waals surface area contributed by atoms with Crippen molar-refractivity contribution in [2.75, 3.05) is 13.1 Å². The number of aromatic amines is 2. The van der Waals surface area contributed by atoms with Crippen LogP contribution in [0, 0.1) is 0 Å². The molecule has 3 aromatic rings. The molecule has 7 heteroatoms. The summed E-state index contributed by atoms with van der Waals surface area (Å²) in [5.74, 6) is -0.121. The third-order valence-corrected chi connectivity index (χ3v) is 4.65. The number of carbonyl (C=O) groups is 1. The van der Waals surface area contributed by atoms with Crippen LogP contribution in [-0.2, 0) is 5.60 Å². The van der Waals surface area contributed by atoms with Gasteiger partial charge >= 0.3 is 0 Å². The number of likely N-dealkylation sites (tertiary alicyclic amines) is 1. The quantitative estimate of drug-likeness (QED) is 0.680. The van der Waals surface area contributed by atoms with Crippen molar-refractivity contribution in [2.24, 2.45) is 0 Å². The van der Waals surface area contributed by atoms with Crippen LogP contribution in [0.4, 0.5) is 0 Å². The highest BCUT2D eigenvalue weighted by Crippen LogP contribution is 2.30. The Morgan fingerprint density at radius 3 is 2.80 bits per heavy atom. The minimum absolute atomic E-state index is 0.121. The van der Waals surface area contributed by atoms with Crippen molar-refractivity contribution in [3.8, 4) is 11.3 Å². The maximum Gasteiger partial charge on any atom is 0.270 e. The fraction of sp³-hybridized carbons (Fsp3) is 0.278. The Morgan fingerprint density at radius 1 is 1.20 bits per heavy atom. The highest BCUT2D eigenvalue weighted by molar-refractivity contribution is 5.93. The van der Waals surface area contributed by atoms with E-state index in [1.807, 2.05) is 36.4 Å². The van der Waals surface area contributed by atoms with E-state index >= 15 is 0 Å². The summed E-state index contributed by atoms with van der Waals surface area (Å²) in [4.78, 5) is 17.7. The van der Waals surface area contributed by atoms with Gasteiger partial charge in [0.1, 0.15) is 17.0 Å². The SMILES string of the molecule is O=C(c1ccc(-c2ccccc2)[nH]1)N1CCCC(O)(c2cn[nH]n2)C1. The van der Waals surface area contributed by atoms with Crippen molar-refractivity contribution in [3.63, 3.8) is 0 Å². The Kier molecular flexibility index (Phi) is 3.85. The minimum Gasteiger partial charge on any atom is -0.382 e. The average Bonchev–Trinajstić information content (AvgIpc) is 3.34. The summed E-state index contributed by atoms with van der Waals surface area (Å²) in [6.45, 7) is 0.816. The Hall–Kier alpha value is -2.93. The van der Waals surface area contributed by atoms with E-state index in [1.54, 1.807) is 11.0 Å². The summed E-state index contributed by atoms with van der Waals surface area (Å²) >= 11 is 0. The van der Waals surface area contributed by atoms with Crippen molar-refractivity contribution in [1.82, 2.24) is 25.3 Å². The standard InChI is InChI=1S/C18H19N5O2/c24-17(15-8-7-14(20-15)13-5-2-1-3-6-13)23-10-4-9-18(25,12-23)16-11-19-22-21-16/h1-3,5-8,11,20,25H,4,9-10,12H2,(H,19,21,22). The first-order chi connectivity index (χ1) is 12.2. The van der Waals surface area contributed by atoms with Crippen LogP contribution in [0.3, 0.4) is 0 Å². The molecule has 7 nitrogen and oxygen atoms in total. The third-order valence-electron chi connectivity index (χ3n) is 4.65. The van der Waals surface area contributed by atoms with Gasteiger partial charge in [-0.05, 0) is 30.5 Å². The minimum atomic E-state index is -1.16. The maximum absolute atomic E-state index is 12.8. The van der Waals surface area contributed by atoms with Crippen molar-refractivity contribution < 1.29 is 9.90 Å². The largest absolute Gasteiger partial charge is 0.382 e. The number of nitrogens with zero attached hydrogens (tertiary/aromatic N) is 3. The number of rotatable bonds is 3. The number of β-amino-alcohol motifs (C(OH)–C–C–N with tert-alkyl or cyclic N) is 1. The van der Waals surface area contributed by atoms with E-state index in [0.717, 1.165) is 11.3 Å². The van der Waals surface area contributed by atoms with Gasteiger partial charge < -0.3 is 15.0 Å². The number of benzene rings is 1. The van der Waals surface area contributed by atoms with Crippen molar-refractivity contribution in [1.29, 1.82) is 0 Å². The van der Waals surface area contributed by atoms with Crippen LogP contribution in [0.1, 0.15) is 29.0 Å². The average molecular weight is 337 g/mol. The predicted molar refractivity (Wildman–Crippen MR) is 91.6 cm³/mol. The van der Waals surface area contributed by atoms with E-state index < -0.39 is 5.60 Å². The molecule has 0 saturated carbocycles. The van der Waals surface area contributed by atoms with Crippen LogP contribution in [0.15, 0.2) is 48.7 Å². The van der Waals surface area contributed by atoms with Gasteiger partial charge in [0.15, 0.2) is 0 Å². The lowest BCUT2D eigenvalue weighted by Gasteiger charge is -2.37. The molecule has 1 amide bonds. The first-order valence-electron chi connectivity index (χ1n) is 8.28. The molecule has 1 aromatic carbocycles. The van der Waals surface area contributed by atoms with Crippen LogP contribution in [0.5, 0.6) is 0 Å². The highest BCUT2D eigenvalue weighted by Gasteiger charge is 2.39. The number of aromatic nitrogens is 4. The molecule has 1 aliphatic heterocycles. The number of amides is 1. The summed E-state index contributed by atoms with van der Waals surface area (Å²) in [7, 11) is 0. The zero-order valence-corrected chi connectivity index (χ0v) is 13.6. The predicted octanol–water partition coefficient (Wildman–Crippen LogP) is 1.92. The topological polar surface area (TPSA) is 97.9 Å². The Bertz CT molecular complexity index is 859. The lowest BCUT2D eigenvalue weighted by atomic mass is 9.90. The highest BCUT2D eigenvalue weighted by atomic mass is 16.3. The first-order valence-corrected chi connectivity index (χ1v) is 8.28. The first kappa shape index (κ1) is 15.6. The summed E-state index contributed by atoms with van der Waals surface area (Å²) in [5, 5.41) is 21.1. The Morgan fingerprint density at radius 2 is 2.04 bits per heavy atom. The number of hydrogen-bond acceptors (Lipinski definition) is 4. The molecule has 25 heavy (non-hydrogen) atoms. The molecule has 0 spiro atoms. The molecule has 0 bridgehead atoms. The fourth-order valence-corrected chi connectivity index (χ4v) is 3.32. The van der Waals surface area contributed by atoms with Crippen LogP contribution in [0.2, 0.25) is 0 Å². The normalized spacial score (nSPS) is 20.6. The second kappa shape index (κ2) is 6.18. The molecule has 1 unspecified atom stereocenters. The zero-order chi connectivity index (χ0) is 17.3. The monoisotopic (exact) mass is 337 g/mol. The van der Waals surface area contributed by atoms with Gasteiger partial charge in [0, 0.05) is 12.2 Å². The van der Waals surface area contributed by atoms with Gasteiger partial charge in [0.2, 0.25) is 0 Å². The smallest absolute Gasteiger partial charge is 0.270 e. The maximum atomic E-state index is 12.8. The van der Waals surface area contributed by atoms with Crippen molar-refractivity contribution in [2.45, 2.75) is 18.4 Å². The molecule has 1 saturated heterocycles. The molecule has 2 aromatic heterocycles. The van der Waals surface area contributed by atoms with Crippen LogP contribution in [-0.4, -0.2) is 49.4 Å². The number of H-pyrrole nitrogens is 2. The van der Waals surface area contributed by atoms with Gasteiger partial charge in [0.25, 0.3) is 5.91 Å². The van der Waals surface area contributed by atoms with Gasteiger partial charge in [-0.15, -0.1) is 0 Å². The molecule has 4 rings (SSSR count). The Labute approximate surface area is 144 Å². The zero-order valence-electron chi connectivity index (χ0n) is 13.6. The lowest BCUT2D eigenvalue weighted by Crippen LogP contribution is -2.48. The molecule has 3 N–H and O–H groups in total. The van der Waals surface area contributed by atoms with E-state index in [2.05, 4.69) is 20.4 Å². The van der Waals surface area contributed by atoms with E-state index in [4.69, 9.17) is 0 Å². The fourth-order valence-electron chi connectivity index (χ4n) is 3.32. The molecule has 128 valence electrons. The molecule has 0 aliphatic carbocycles. The van der Waals surface area contributed by atoms with Gasteiger partial charge in [-0.1, -0.05) is 30.3 Å². The summed E-state index contributed by atoms with van der Waals surface area (Å²) in [5.41, 5.74) is 1.76. The van der Waals surface area contributed by atoms with Crippen LogP contribution in [0.25, 0.3) is 11.3 Å². The van der Waals surface area contributed by atoms with Gasteiger partial charge in [-0.2, -0.15) is 15.4 Å². The number of piperidine rings is 1. The molecule has 3 heterocycles. The van der Waals surface area contributed by atoms with Crippen LogP contribution < -0.4 is 0 Å². The molecule has 1 atom stereocenters. The molecule has 0 radical (unpaired) electrons. The number of aliphatic hydroxyl groups is 1. The summed E-state index contributed by atoms with van der Waals surface area (Å²) in [6, 6.07) is 13.5. The van der Waals surface area contributed by atoms with Gasteiger partial charge in [0.05, 0.1) is 12.7 Å². The van der Waals surface area contributed by atoms with Crippen molar-refractivity contribution >= 4 is 5.91 Å². The van der Waals surface area contributed by atoms with Gasteiger partial charge in [-0.25, -0.2) is 0 Å². The third kappa shape index (κ3) is 2.94. The second-order valence-corrected chi connectivity index (χ2v) is 6.37. The van der Waals surface area contributed by atoms with E-state index in [-0.39, 0.29) is 12.5 Å². The lowest BCUT2D eigenvalue weighted by molar-refractivity contribution is -0.0321. The number of carbonyl (C=O) groups excluding carboxylic acids is 1. The summed E-state index contributed by atoms with van der Waals surface area (Å²) < 4.78 is 0. The molecular weight excluding hydrogens is 318 g/mol.